The van der Waals surface area contributed by atoms with E-state index >= 15 is 0 Å². The highest BCUT2D eigenvalue weighted by molar-refractivity contribution is 5.80. The van der Waals surface area contributed by atoms with Gasteiger partial charge in [-0.2, -0.15) is 13.2 Å². The van der Waals surface area contributed by atoms with E-state index < -0.39 is 17.7 Å². The number of benzene rings is 1. The third-order valence-corrected chi connectivity index (χ3v) is 4.57. The number of carbonyl (C=O) groups is 1. The van der Waals surface area contributed by atoms with Crippen molar-refractivity contribution in [3.05, 3.63) is 40.4 Å². The van der Waals surface area contributed by atoms with Crippen molar-refractivity contribution in [3.8, 4) is 0 Å². The summed E-state index contributed by atoms with van der Waals surface area (Å²) in [5.74, 6) is -2.24. The highest BCUT2D eigenvalue weighted by Crippen LogP contribution is 2.29. The summed E-state index contributed by atoms with van der Waals surface area (Å²) >= 11 is 0. The number of ether oxygens (including phenoxy) is 1. The standard InChI is InChI=1S/C17H18F3N3O3/c1-11-3-2-4-12-13(11)22-10-23(14(12)24)9-16(5-7-21-8-6-16)26-15(25)17(18,19)20/h2-4,10,21H,5-9H2,1H3. The molecular weight excluding hydrogens is 351 g/mol. The number of aromatic nitrogens is 2. The number of para-hydroxylation sites is 1. The summed E-state index contributed by atoms with van der Waals surface area (Å²) in [6.45, 7) is 2.42. The van der Waals surface area contributed by atoms with Crippen LogP contribution < -0.4 is 10.9 Å². The highest BCUT2D eigenvalue weighted by atomic mass is 19.4. The number of piperidine rings is 1. The number of hydrogen-bond donors (Lipinski definition) is 1. The number of aryl methyl sites for hydroxylation is 1. The maximum atomic E-state index is 12.7. The third-order valence-electron chi connectivity index (χ3n) is 4.57. The lowest BCUT2D eigenvalue weighted by atomic mass is 9.91. The molecule has 140 valence electrons. The van der Waals surface area contributed by atoms with E-state index in [1.807, 2.05) is 13.0 Å². The molecule has 0 bridgehead atoms. The molecule has 26 heavy (non-hydrogen) atoms. The first-order chi connectivity index (χ1) is 12.2. The number of hydrogen-bond acceptors (Lipinski definition) is 5. The fourth-order valence-electron chi connectivity index (χ4n) is 3.19. The Labute approximate surface area is 147 Å². The van der Waals surface area contributed by atoms with Gasteiger partial charge in [0.1, 0.15) is 5.60 Å². The summed E-state index contributed by atoms with van der Waals surface area (Å²) in [6.07, 6.45) is -3.44. The van der Waals surface area contributed by atoms with Gasteiger partial charge in [-0.05, 0) is 31.6 Å². The van der Waals surface area contributed by atoms with Gasteiger partial charge in [0, 0.05) is 12.8 Å². The number of halogens is 3. The number of nitrogens with one attached hydrogen (secondary N) is 1. The maximum absolute atomic E-state index is 12.7. The minimum absolute atomic E-state index is 0.174. The third kappa shape index (κ3) is 3.57. The van der Waals surface area contributed by atoms with Gasteiger partial charge in [-0.3, -0.25) is 9.36 Å². The van der Waals surface area contributed by atoms with Gasteiger partial charge < -0.3 is 10.1 Å². The Kier molecular flexibility index (Phi) is 4.74. The molecule has 0 amide bonds. The monoisotopic (exact) mass is 369 g/mol. The summed E-state index contributed by atoms with van der Waals surface area (Å²) in [5.41, 5.74) is -0.409. The Hall–Kier alpha value is -2.42. The van der Waals surface area contributed by atoms with Crippen molar-refractivity contribution in [2.75, 3.05) is 13.1 Å². The minimum atomic E-state index is -5.08. The fourth-order valence-corrected chi connectivity index (χ4v) is 3.19. The van der Waals surface area contributed by atoms with Crippen LogP contribution in [0.2, 0.25) is 0 Å². The van der Waals surface area contributed by atoms with Crippen LogP contribution in [0.15, 0.2) is 29.3 Å². The van der Waals surface area contributed by atoms with Crippen LogP contribution in [-0.4, -0.2) is 40.4 Å². The number of esters is 1. The Balaban J connectivity index is 1.97. The first kappa shape index (κ1) is 18.4. The van der Waals surface area contributed by atoms with Crippen LogP contribution in [0.5, 0.6) is 0 Å². The lowest BCUT2D eigenvalue weighted by Crippen LogP contribution is -2.51. The number of rotatable bonds is 3. The van der Waals surface area contributed by atoms with Crippen LogP contribution in [0, 0.1) is 6.92 Å². The van der Waals surface area contributed by atoms with Crippen molar-refractivity contribution in [1.82, 2.24) is 14.9 Å². The van der Waals surface area contributed by atoms with E-state index in [0.29, 0.717) is 24.0 Å². The quantitative estimate of drug-likeness (QED) is 0.837. The molecule has 0 aliphatic carbocycles. The van der Waals surface area contributed by atoms with Crippen molar-refractivity contribution in [1.29, 1.82) is 0 Å². The van der Waals surface area contributed by atoms with Gasteiger partial charge in [0.15, 0.2) is 0 Å². The van der Waals surface area contributed by atoms with E-state index in [0.717, 1.165) is 5.56 Å². The molecular formula is C17H18F3N3O3. The van der Waals surface area contributed by atoms with E-state index in [4.69, 9.17) is 4.74 Å². The number of nitrogens with zero attached hydrogens (tertiary/aromatic N) is 2. The lowest BCUT2D eigenvalue weighted by molar-refractivity contribution is -0.217. The molecule has 2 heterocycles. The Morgan fingerprint density at radius 3 is 2.69 bits per heavy atom. The molecule has 6 nitrogen and oxygen atoms in total. The summed E-state index contributed by atoms with van der Waals surface area (Å²) < 4.78 is 44.1. The zero-order valence-electron chi connectivity index (χ0n) is 14.1. The molecule has 0 unspecified atom stereocenters. The Bertz CT molecular complexity index is 886. The summed E-state index contributed by atoms with van der Waals surface area (Å²) in [6, 6.07) is 5.15. The van der Waals surface area contributed by atoms with Crippen molar-refractivity contribution >= 4 is 16.9 Å². The second-order valence-electron chi connectivity index (χ2n) is 6.47. The van der Waals surface area contributed by atoms with Crippen molar-refractivity contribution < 1.29 is 22.7 Å². The molecule has 0 atom stereocenters. The molecule has 1 aliphatic rings. The molecule has 1 aromatic heterocycles. The fraction of sp³-hybridized carbons (Fsp3) is 0.471. The van der Waals surface area contributed by atoms with Crippen molar-refractivity contribution in [2.45, 2.75) is 38.1 Å². The first-order valence-corrected chi connectivity index (χ1v) is 8.18. The molecule has 3 rings (SSSR count). The van der Waals surface area contributed by atoms with Gasteiger partial charge in [0.2, 0.25) is 0 Å². The number of fused-ring (bicyclic) bond motifs is 1. The van der Waals surface area contributed by atoms with Gasteiger partial charge in [-0.25, -0.2) is 9.78 Å². The summed E-state index contributed by atoms with van der Waals surface area (Å²) in [4.78, 5) is 28.4. The van der Waals surface area contributed by atoms with Gasteiger partial charge in [-0.15, -0.1) is 0 Å². The first-order valence-electron chi connectivity index (χ1n) is 8.18. The van der Waals surface area contributed by atoms with Crippen LogP contribution in [0.4, 0.5) is 13.2 Å². The largest absolute Gasteiger partial charge is 0.490 e. The smallest absolute Gasteiger partial charge is 0.450 e. The van der Waals surface area contributed by atoms with E-state index in [9.17, 15) is 22.8 Å². The average molecular weight is 369 g/mol. The van der Waals surface area contributed by atoms with Gasteiger partial charge in [0.05, 0.1) is 23.8 Å². The average Bonchev–Trinajstić information content (AvgIpc) is 2.58. The maximum Gasteiger partial charge on any atom is 0.490 e. The molecule has 1 saturated heterocycles. The van der Waals surface area contributed by atoms with Crippen LogP contribution in [0.25, 0.3) is 10.9 Å². The van der Waals surface area contributed by atoms with E-state index in [1.54, 1.807) is 12.1 Å². The molecule has 1 N–H and O–H groups in total. The van der Waals surface area contributed by atoms with Crippen LogP contribution in [-0.2, 0) is 16.1 Å². The van der Waals surface area contributed by atoms with E-state index in [1.165, 1.54) is 10.9 Å². The van der Waals surface area contributed by atoms with E-state index in [-0.39, 0.29) is 24.9 Å². The van der Waals surface area contributed by atoms with Crippen LogP contribution >= 0.6 is 0 Å². The van der Waals surface area contributed by atoms with Crippen molar-refractivity contribution in [2.24, 2.45) is 0 Å². The minimum Gasteiger partial charge on any atom is -0.450 e. The lowest BCUT2D eigenvalue weighted by Gasteiger charge is -2.37. The normalized spacial score (nSPS) is 17.2. The second-order valence-corrected chi connectivity index (χ2v) is 6.47. The summed E-state index contributed by atoms with van der Waals surface area (Å²) in [7, 11) is 0. The topological polar surface area (TPSA) is 73.2 Å². The zero-order chi connectivity index (χ0) is 18.9. The number of alkyl halides is 3. The predicted molar refractivity (Wildman–Crippen MR) is 87.7 cm³/mol. The molecule has 1 aromatic carbocycles. The Morgan fingerprint density at radius 2 is 2.04 bits per heavy atom. The zero-order valence-corrected chi connectivity index (χ0v) is 14.1. The van der Waals surface area contributed by atoms with Crippen molar-refractivity contribution in [3.63, 3.8) is 0 Å². The van der Waals surface area contributed by atoms with Crippen LogP contribution in [0.3, 0.4) is 0 Å². The predicted octanol–water partition coefficient (Wildman–Crippen LogP) is 1.93. The van der Waals surface area contributed by atoms with Crippen LogP contribution in [0.1, 0.15) is 18.4 Å². The van der Waals surface area contributed by atoms with E-state index in [2.05, 4.69) is 10.3 Å². The van der Waals surface area contributed by atoms with Gasteiger partial charge >= 0.3 is 12.1 Å². The van der Waals surface area contributed by atoms with Gasteiger partial charge in [-0.1, -0.05) is 12.1 Å². The number of carbonyl (C=O) groups excluding carboxylic acids is 1. The molecule has 2 aromatic rings. The molecule has 1 aliphatic heterocycles. The second kappa shape index (κ2) is 6.71. The SMILES string of the molecule is Cc1cccc2c(=O)n(CC3(OC(=O)C(F)(F)F)CCNCC3)cnc12. The summed E-state index contributed by atoms with van der Waals surface area (Å²) in [5, 5.41) is 3.39. The molecule has 1 fully saturated rings. The molecule has 9 heteroatoms. The Morgan fingerprint density at radius 1 is 1.35 bits per heavy atom. The molecule has 0 saturated carbocycles. The van der Waals surface area contributed by atoms with Gasteiger partial charge in [0.25, 0.3) is 5.56 Å². The molecule has 0 radical (unpaired) electrons. The molecule has 0 spiro atoms. The highest BCUT2D eigenvalue weighted by Gasteiger charge is 2.47.